The molecule has 2 unspecified atom stereocenters. The van der Waals surface area contributed by atoms with Crippen LogP contribution >= 0.6 is 0 Å². The lowest BCUT2D eigenvalue weighted by Gasteiger charge is -2.21. The standard InChI is InChI=1S/C12H24N4O3/c1-8(2)10(14-3)11(18)16-9(7-17)5-4-6-15-12(13)19/h7-10,14H,4-6H2,1-3H3,(H,16,18)(H3,13,15,19). The maximum Gasteiger partial charge on any atom is 0.312 e. The van der Waals surface area contributed by atoms with Crippen LogP contribution in [0.1, 0.15) is 26.7 Å². The van der Waals surface area contributed by atoms with E-state index in [0.717, 1.165) is 0 Å². The summed E-state index contributed by atoms with van der Waals surface area (Å²) >= 11 is 0. The largest absolute Gasteiger partial charge is 0.352 e. The number of amides is 3. The van der Waals surface area contributed by atoms with Crippen molar-refractivity contribution in [1.29, 1.82) is 0 Å². The van der Waals surface area contributed by atoms with E-state index in [2.05, 4.69) is 16.0 Å². The van der Waals surface area contributed by atoms with Gasteiger partial charge in [0.1, 0.15) is 6.29 Å². The summed E-state index contributed by atoms with van der Waals surface area (Å²) in [6, 6.07) is -1.47. The Balaban J connectivity index is 4.13. The molecule has 3 amide bonds. The van der Waals surface area contributed by atoms with Gasteiger partial charge in [0.05, 0.1) is 12.1 Å². The minimum absolute atomic E-state index is 0.133. The van der Waals surface area contributed by atoms with E-state index in [9.17, 15) is 14.4 Å². The topological polar surface area (TPSA) is 113 Å². The van der Waals surface area contributed by atoms with Crippen molar-refractivity contribution in [1.82, 2.24) is 16.0 Å². The Kier molecular flexibility index (Phi) is 8.52. The number of urea groups is 1. The van der Waals surface area contributed by atoms with Crippen molar-refractivity contribution in [3.05, 3.63) is 0 Å². The summed E-state index contributed by atoms with van der Waals surface area (Å²) < 4.78 is 0. The molecule has 0 radical (unpaired) electrons. The maximum absolute atomic E-state index is 11.9. The second kappa shape index (κ2) is 9.32. The molecule has 5 N–H and O–H groups in total. The summed E-state index contributed by atoms with van der Waals surface area (Å²) in [5, 5.41) is 8.01. The van der Waals surface area contributed by atoms with Crippen molar-refractivity contribution in [2.24, 2.45) is 11.7 Å². The van der Waals surface area contributed by atoms with E-state index in [1.165, 1.54) is 0 Å². The van der Waals surface area contributed by atoms with Crippen LogP contribution in [0.5, 0.6) is 0 Å². The molecule has 110 valence electrons. The maximum atomic E-state index is 11.9. The van der Waals surface area contributed by atoms with Crippen LogP contribution in [-0.2, 0) is 9.59 Å². The first-order valence-electron chi connectivity index (χ1n) is 6.38. The van der Waals surface area contributed by atoms with Gasteiger partial charge in [-0.05, 0) is 25.8 Å². The summed E-state index contributed by atoms with van der Waals surface area (Å²) in [7, 11) is 1.71. The quantitative estimate of drug-likeness (QED) is 0.330. The third-order valence-electron chi connectivity index (χ3n) is 2.74. The number of hydrogen-bond donors (Lipinski definition) is 4. The normalized spacial score (nSPS) is 13.7. The fraction of sp³-hybridized carbons (Fsp3) is 0.750. The van der Waals surface area contributed by atoms with Crippen LogP contribution in [0.3, 0.4) is 0 Å². The molecular weight excluding hydrogens is 248 g/mol. The Morgan fingerprint density at radius 1 is 1.32 bits per heavy atom. The smallest absolute Gasteiger partial charge is 0.312 e. The first-order valence-corrected chi connectivity index (χ1v) is 6.38. The summed E-state index contributed by atoms with van der Waals surface area (Å²) in [4.78, 5) is 33.3. The average Bonchev–Trinajstić information content (AvgIpc) is 2.33. The third kappa shape index (κ3) is 7.40. The number of carbonyl (C=O) groups is 3. The molecule has 0 spiro atoms. The predicted octanol–water partition coefficient (Wildman–Crippen LogP) is -0.637. The van der Waals surface area contributed by atoms with Crippen molar-refractivity contribution < 1.29 is 14.4 Å². The number of hydrogen-bond acceptors (Lipinski definition) is 4. The fourth-order valence-corrected chi connectivity index (χ4v) is 1.75. The van der Waals surface area contributed by atoms with E-state index in [1.54, 1.807) is 7.05 Å². The van der Waals surface area contributed by atoms with Gasteiger partial charge in [0.2, 0.25) is 5.91 Å². The minimum atomic E-state index is -0.596. The Morgan fingerprint density at radius 2 is 1.95 bits per heavy atom. The Hall–Kier alpha value is -1.63. The highest BCUT2D eigenvalue weighted by Gasteiger charge is 2.22. The Labute approximate surface area is 113 Å². The molecule has 0 rings (SSSR count). The molecule has 0 aliphatic rings. The predicted molar refractivity (Wildman–Crippen MR) is 72.5 cm³/mol. The van der Waals surface area contributed by atoms with Crippen molar-refractivity contribution in [3.63, 3.8) is 0 Å². The first-order chi connectivity index (χ1) is 8.92. The second-order valence-electron chi connectivity index (χ2n) is 4.69. The number of likely N-dealkylation sites (N-methyl/N-ethyl adjacent to an activating group) is 1. The molecule has 0 bridgehead atoms. The lowest BCUT2D eigenvalue weighted by molar-refractivity contribution is -0.126. The zero-order chi connectivity index (χ0) is 14.8. The van der Waals surface area contributed by atoms with Crippen molar-refractivity contribution >= 4 is 18.2 Å². The lowest BCUT2D eigenvalue weighted by atomic mass is 10.0. The minimum Gasteiger partial charge on any atom is -0.352 e. The van der Waals surface area contributed by atoms with Crippen LogP contribution in [0, 0.1) is 5.92 Å². The molecule has 2 atom stereocenters. The summed E-state index contributed by atoms with van der Waals surface area (Å²) in [6.07, 6.45) is 1.73. The van der Waals surface area contributed by atoms with Gasteiger partial charge in [0, 0.05) is 6.54 Å². The van der Waals surface area contributed by atoms with Gasteiger partial charge in [-0.15, -0.1) is 0 Å². The van der Waals surface area contributed by atoms with E-state index >= 15 is 0 Å². The van der Waals surface area contributed by atoms with Crippen LogP contribution in [0.25, 0.3) is 0 Å². The SMILES string of the molecule is CNC(C(=O)NC(C=O)CCCNC(N)=O)C(C)C. The van der Waals surface area contributed by atoms with Gasteiger partial charge in [0.25, 0.3) is 0 Å². The lowest BCUT2D eigenvalue weighted by Crippen LogP contribution is -2.49. The number of rotatable bonds is 9. The number of nitrogens with one attached hydrogen (secondary N) is 3. The van der Waals surface area contributed by atoms with Crippen LogP contribution in [0.15, 0.2) is 0 Å². The highest BCUT2D eigenvalue weighted by atomic mass is 16.2. The van der Waals surface area contributed by atoms with Crippen LogP contribution in [-0.4, -0.2) is 43.9 Å². The van der Waals surface area contributed by atoms with Gasteiger partial charge in [-0.1, -0.05) is 13.8 Å². The molecule has 0 aromatic rings. The molecule has 0 saturated carbocycles. The van der Waals surface area contributed by atoms with E-state index in [0.29, 0.717) is 25.7 Å². The molecular formula is C12H24N4O3. The number of primary amides is 1. The first kappa shape index (κ1) is 17.4. The Bertz CT molecular complexity index is 307. The highest BCUT2D eigenvalue weighted by Crippen LogP contribution is 2.02. The van der Waals surface area contributed by atoms with Crippen LogP contribution in [0.2, 0.25) is 0 Å². The number of carbonyl (C=O) groups excluding carboxylic acids is 3. The summed E-state index contributed by atoms with van der Waals surface area (Å²) in [6.45, 7) is 4.23. The zero-order valence-corrected chi connectivity index (χ0v) is 11.7. The molecule has 0 aromatic carbocycles. The zero-order valence-electron chi connectivity index (χ0n) is 11.7. The van der Waals surface area contributed by atoms with Crippen molar-refractivity contribution in [3.8, 4) is 0 Å². The van der Waals surface area contributed by atoms with E-state index in [-0.39, 0.29) is 17.9 Å². The van der Waals surface area contributed by atoms with E-state index < -0.39 is 12.1 Å². The monoisotopic (exact) mass is 272 g/mol. The van der Waals surface area contributed by atoms with Gasteiger partial charge >= 0.3 is 6.03 Å². The van der Waals surface area contributed by atoms with E-state index in [4.69, 9.17) is 5.73 Å². The molecule has 19 heavy (non-hydrogen) atoms. The highest BCUT2D eigenvalue weighted by molar-refractivity contribution is 5.84. The fourth-order valence-electron chi connectivity index (χ4n) is 1.75. The molecule has 0 aliphatic heterocycles. The van der Waals surface area contributed by atoms with Gasteiger partial charge in [0.15, 0.2) is 0 Å². The van der Waals surface area contributed by atoms with Gasteiger partial charge in [-0.2, -0.15) is 0 Å². The molecule has 7 heteroatoms. The molecule has 7 nitrogen and oxygen atoms in total. The van der Waals surface area contributed by atoms with Gasteiger partial charge in [-0.3, -0.25) is 4.79 Å². The van der Waals surface area contributed by atoms with Gasteiger partial charge in [-0.25, -0.2) is 4.79 Å². The van der Waals surface area contributed by atoms with Crippen molar-refractivity contribution in [2.75, 3.05) is 13.6 Å². The van der Waals surface area contributed by atoms with Crippen molar-refractivity contribution in [2.45, 2.75) is 38.8 Å². The Morgan fingerprint density at radius 3 is 2.37 bits per heavy atom. The second-order valence-corrected chi connectivity index (χ2v) is 4.69. The van der Waals surface area contributed by atoms with E-state index in [1.807, 2.05) is 13.8 Å². The number of aldehydes is 1. The van der Waals surface area contributed by atoms with Crippen LogP contribution < -0.4 is 21.7 Å². The van der Waals surface area contributed by atoms with Crippen LogP contribution in [0.4, 0.5) is 4.79 Å². The molecule has 0 aliphatic carbocycles. The third-order valence-corrected chi connectivity index (χ3v) is 2.74. The molecule has 0 fully saturated rings. The average molecular weight is 272 g/mol. The molecule has 0 aromatic heterocycles. The summed E-state index contributed by atoms with van der Waals surface area (Å²) in [5.74, 6) is -0.0636. The molecule has 0 saturated heterocycles. The molecule has 0 heterocycles. The van der Waals surface area contributed by atoms with Gasteiger partial charge < -0.3 is 26.5 Å². The number of nitrogens with two attached hydrogens (primary N) is 1. The summed E-state index contributed by atoms with van der Waals surface area (Å²) in [5.41, 5.74) is 4.92.